The highest BCUT2D eigenvalue weighted by atomic mass is 16.5. The molecule has 0 amide bonds. The van der Waals surface area contributed by atoms with Gasteiger partial charge in [-0.2, -0.15) is 5.26 Å². The minimum Gasteiger partial charge on any atom is -0.495 e. The van der Waals surface area contributed by atoms with Crippen LogP contribution in [0.15, 0.2) is 18.2 Å². The molecular weight excluding hydrogens is 252 g/mol. The summed E-state index contributed by atoms with van der Waals surface area (Å²) in [7, 11) is 1.57. The van der Waals surface area contributed by atoms with E-state index in [1.807, 2.05) is 19.1 Å². The molecule has 4 nitrogen and oxygen atoms in total. The fourth-order valence-corrected chi connectivity index (χ4v) is 3.20. The average Bonchev–Trinajstić information content (AvgIpc) is 2.83. The SMILES string of the molecule is CC[C@@H]1N(c2ccc(C#N)c(OC)c2)CC[C@@]1(O)CC. The van der Waals surface area contributed by atoms with Gasteiger partial charge in [-0.15, -0.1) is 0 Å². The van der Waals surface area contributed by atoms with Crippen LogP contribution in [-0.2, 0) is 0 Å². The first-order chi connectivity index (χ1) is 9.59. The summed E-state index contributed by atoms with van der Waals surface area (Å²) in [6.45, 7) is 4.97. The topological polar surface area (TPSA) is 56.5 Å². The fourth-order valence-electron chi connectivity index (χ4n) is 3.20. The minimum atomic E-state index is -0.615. The summed E-state index contributed by atoms with van der Waals surface area (Å²) in [6.07, 6.45) is 2.44. The smallest absolute Gasteiger partial charge is 0.138 e. The Morgan fingerprint density at radius 3 is 2.80 bits per heavy atom. The van der Waals surface area contributed by atoms with Gasteiger partial charge in [-0.1, -0.05) is 13.8 Å². The minimum absolute atomic E-state index is 0.116. The zero-order chi connectivity index (χ0) is 14.8. The lowest BCUT2D eigenvalue weighted by Crippen LogP contribution is -2.43. The van der Waals surface area contributed by atoms with Crippen LogP contribution in [0, 0.1) is 11.3 Å². The van der Waals surface area contributed by atoms with Crippen molar-refractivity contribution >= 4 is 5.69 Å². The number of ether oxygens (including phenoxy) is 1. The summed E-state index contributed by atoms with van der Waals surface area (Å²) < 4.78 is 5.27. The number of nitriles is 1. The second-order valence-corrected chi connectivity index (χ2v) is 5.32. The molecule has 1 aliphatic rings. The molecule has 1 aliphatic heterocycles. The summed E-state index contributed by atoms with van der Waals surface area (Å²) in [4.78, 5) is 2.23. The number of methoxy groups -OCH3 is 1. The van der Waals surface area contributed by atoms with E-state index in [9.17, 15) is 5.11 Å². The number of benzene rings is 1. The largest absolute Gasteiger partial charge is 0.495 e. The van der Waals surface area contributed by atoms with Gasteiger partial charge in [0.15, 0.2) is 0 Å². The van der Waals surface area contributed by atoms with Gasteiger partial charge in [0, 0.05) is 18.3 Å². The van der Waals surface area contributed by atoms with Crippen molar-refractivity contribution in [1.82, 2.24) is 0 Å². The molecule has 0 spiro atoms. The van der Waals surface area contributed by atoms with Gasteiger partial charge >= 0.3 is 0 Å². The second-order valence-electron chi connectivity index (χ2n) is 5.32. The average molecular weight is 274 g/mol. The van der Waals surface area contributed by atoms with Crippen molar-refractivity contribution in [1.29, 1.82) is 5.26 Å². The second kappa shape index (κ2) is 5.72. The van der Waals surface area contributed by atoms with Crippen LogP contribution < -0.4 is 9.64 Å². The van der Waals surface area contributed by atoms with E-state index in [-0.39, 0.29) is 6.04 Å². The Hall–Kier alpha value is -1.73. The molecule has 1 N–H and O–H groups in total. The molecule has 2 atom stereocenters. The molecule has 1 heterocycles. The molecule has 1 fully saturated rings. The Balaban J connectivity index is 2.35. The first-order valence-corrected chi connectivity index (χ1v) is 7.16. The van der Waals surface area contributed by atoms with E-state index >= 15 is 0 Å². The zero-order valence-corrected chi connectivity index (χ0v) is 12.4. The van der Waals surface area contributed by atoms with Crippen molar-refractivity contribution in [2.24, 2.45) is 0 Å². The zero-order valence-electron chi connectivity index (χ0n) is 12.4. The first kappa shape index (κ1) is 14.7. The third kappa shape index (κ3) is 2.34. The Kier molecular flexibility index (Phi) is 4.20. The van der Waals surface area contributed by atoms with Crippen molar-refractivity contribution < 1.29 is 9.84 Å². The van der Waals surface area contributed by atoms with Gasteiger partial charge in [0.25, 0.3) is 0 Å². The van der Waals surface area contributed by atoms with Gasteiger partial charge in [0.2, 0.25) is 0 Å². The molecule has 2 rings (SSSR count). The summed E-state index contributed by atoms with van der Waals surface area (Å²) in [5, 5.41) is 19.7. The highest BCUT2D eigenvalue weighted by Crippen LogP contribution is 2.38. The highest BCUT2D eigenvalue weighted by molar-refractivity contribution is 5.58. The van der Waals surface area contributed by atoms with Gasteiger partial charge in [-0.3, -0.25) is 0 Å². The number of anilines is 1. The van der Waals surface area contributed by atoms with E-state index < -0.39 is 5.60 Å². The van der Waals surface area contributed by atoms with Crippen molar-refractivity contribution in [2.75, 3.05) is 18.6 Å². The summed E-state index contributed by atoms with van der Waals surface area (Å²) in [5.74, 6) is 0.590. The van der Waals surface area contributed by atoms with E-state index in [1.165, 1.54) is 0 Å². The first-order valence-electron chi connectivity index (χ1n) is 7.16. The van der Waals surface area contributed by atoms with E-state index in [0.717, 1.165) is 31.5 Å². The van der Waals surface area contributed by atoms with Gasteiger partial charge in [-0.05, 0) is 31.4 Å². The maximum Gasteiger partial charge on any atom is 0.138 e. The number of hydrogen-bond acceptors (Lipinski definition) is 4. The number of nitrogens with zero attached hydrogens (tertiary/aromatic N) is 2. The van der Waals surface area contributed by atoms with Gasteiger partial charge < -0.3 is 14.7 Å². The van der Waals surface area contributed by atoms with Crippen LogP contribution in [0.5, 0.6) is 5.75 Å². The molecular formula is C16H22N2O2. The summed E-state index contributed by atoms with van der Waals surface area (Å²) >= 11 is 0. The lowest BCUT2D eigenvalue weighted by molar-refractivity contribution is 0.0268. The molecule has 1 saturated heterocycles. The van der Waals surface area contributed by atoms with Gasteiger partial charge in [-0.25, -0.2) is 0 Å². The van der Waals surface area contributed by atoms with Gasteiger partial charge in [0.05, 0.1) is 24.3 Å². The molecule has 108 valence electrons. The molecule has 20 heavy (non-hydrogen) atoms. The van der Waals surface area contributed by atoms with Crippen LogP contribution in [0.1, 0.15) is 38.7 Å². The molecule has 0 bridgehead atoms. The van der Waals surface area contributed by atoms with Crippen LogP contribution in [0.4, 0.5) is 5.69 Å². The maximum atomic E-state index is 10.7. The van der Waals surface area contributed by atoms with E-state index in [1.54, 1.807) is 13.2 Å². The number of rotatable bonds is 4. The van der Waals surface area contributed by atoms with Crippen molar-refractivity contribution in [3.05, 3.63) is 23.8 Å². The molecule has 0 unspecified atom stereocenters. The quantitative estimate of drug-likeness (QED) is 0.917. The van der Waals surface area contributed by atoms with Crippen LogP contribution in [0.25, 0.3) is 0 Å². The Morgan fingerprint density at radius 1 is 1.50 bits per heavy atom. The molecule has 0 aliphatic carbocycles. The van der Waals surface area contributed by atoms with E-state index in [4.69, 9.17) is 10.00 Å². The highest BCUT2D eigenvalue weighted by Gasteiger charge is 2.43. The van der Waals surface area contributed by atoms with Crippen molar-refractivity contribution in [3.63, 3.8) is 0 Å². The molecule has 4 heteroatoms. The number of aliphatic hydroxyl groups is 1. The molecule has 1 aromatic rings. The van der Waals surface area contributed by atoms with Crippen molar-refractivity contribution in [3.8, 4) is 11.8 Å². The predicted octanol–water partition coefficient (Wildman–Crippen LogP) is 2.70. The normalized spacial score (nSPS) is 25.6. The summed E-state index contributed by atoms with van der Waals surface area (Å²) in [6, 6.07) is 7.85. The number of hydrogen-bond donors (Lipinski definition) is 1. The fraction of sp³-hybridized carbons (Fsp3) is 0.562. The third-order valence-corrected chi connectivity index (χ3v) is 4.42. The molecule has 0 aromatic heterocycles. The van der Waals surface area contributed by atoms with E-state index in [2.05, 4.69) is 17.9 Å². The third-order valence-electron chi connectivity index (χ3n) is 4.42. The standard InChI is InChI=1S/C16H22N2O2/c1-4-15-16(19,5-2)8-9-18(15)13-7-6-12(11-17)14(10-13)20-3/h6-7,10,15,19H,4-5,8-9H2,1-3H3/t15-,16-/m0/s1. The van der Waals surface area contributed by atoms with Gasteiger partial charge in [0.1, 0.15) is 11.8 Å². The van der Waals surface area contributed by atoms with E-state index in [0.29, 0.717) is 11.3 Å². The Morgan fingerprint density at radius 2 is 2.25 bits per heavy atom. The predicted molar refractivity (Wildman–Crippen MR) is 79.0 cm³/mol. The lowest BCUT2D eigenvalue weighted by atomic mass is 9.90. The van der Waals surface area contributed by atoms with Crippen LogP contribution in [0.2, 0.25) is 0 Å². The summed E-state index contributed by atoms with van der Waals surface area (Å²) in [5.41, 5.74) is 0.932. The lowest BCUT2D eigenvalue weighted by Gasteiger charge is -2.34. The molecule has 0 saturated carbocycles. The van der Waals surface area contributed by atoms with Crippen molar-refractivity contribution in [2.45, 2.75) is 44.8 Å². The monoisotopic (exact) mass is 274 g/mol. The maximum absolute atomic E-state index is 10.7. The molecule has 0 radical (unpaired) electrons. The Labute approximate surface area is 120 Å². The molecule has 1 aromatic carbocycles. The van der Waals surface area contributed by atoms with Crippen LogP contribution in [-0.4, -0.2) is 30.4 Å². The Bertz CT molecular complexity index is 524. The van der Waals surface area contributed by atoms with Crippen LogP contribution >= 0.6 is 0 Å². The van der Waals surface area contributed by atoms with Crippen LogP contribution in [0.3, 0.4) is 0 Å².